The van der Waals surface area contributed by atoms with E-state index in [0.29, 0.717) is 0 Å². The Bertz CT molecular complexity index is 70.8. The second kappa shape index (κ2) is 2.49. The lowest BCUT2D eigenvalue weighted by Crippen LogP contribution is -2.24. The summed E-state index contributed by atoms with van der Waals surface area (Å²) in [5.41, 5.74) is 0. The van der Waals surface area contributed by atoms with Crippen LogP contribution in [0.4, 0.5) is 0 Å². The van der Waals surface area contributed by atoms with Crippen molar-refractivity contribution in [2.45, 2.75) is 32.7 Å². The molecule has 0 saturated carbocycles. The molecular formula is C7H15N. The lowest BCUT2D eigenvalue weighted by Gasteiger charge is -2.10. The van der Waals surface area contributed by atoms with Crippen LogP contribution in [-0.2, 0) is 0 Å². The van der Waals surface area contributed by atoms with Crippen molar-refractivity contribution in [1.29, 1.82) is 0 Å². The summed E-state index contributed by atoms with van der Waals surface area (Å²) in [6.45, 7) is 5.81. The molecule has 0 bridgehead atoms. The fraction of sp³-hybridized carbons (Fsp3) is 1.00. The minimum atomic E-state index is 0.815. The van der Waals surface area contributed by atoms with Crippen molar-refractivity contribution < 1.29 is 0 Å². The Morgan fingerprint density at radius 3 is 2.62 bits per heavy atom. The predicted octanol–water partition coefficient (Wildman–Crippen LogP) is 1.39. The van der Waals surface area contributed by atoms with Crippen LogP contribution in [0.1, 0.15) is 26.7 Å². The summed E-state index contributed by atoms with van der Waals surface area (Å²) < 4.78 is 0. The van der Waals surface area contributed by atoms with Crippen molar-refractivity contribution >= 4 is 0 Å². The van der Waals surface area contributed by atoms with Crippen LogP contribution in [0.5, 0.6) is 0 Å². The van der Waals surface area contributed by atoms with Gasteiger partial charge in [0.2, 0.25) is 0 Å². The highest BCUT2D eigenvalue weighted by atomic mass is 14.9. The van der Waals surface area contributed by atoms with Crippen LogP contribution in [-0.4, -0.2) is 12.6 Å². The van der Waals surface area contributed by atoms with Gasteiger partial charge >= 0.3 is 0 Å². The fourth-order valence-corrected chi connectivity index (χ4v) is 1.45. The highest BCUT2D eigenvalue weighted by Crippen LogP contribution is 2.15. The maximum atomic E-state index is 3.46. The molecule has 1 saturated heterocycles. The molecule has 0 aliphatic carbocycles. The first-order valence-electron chi connectivity index (χ1n) is 3.58. The molecule has 1 fully saturated rings. The number of hydrogen-bond donors (Lipinski definition) is 1. The van der Waals surface area contributed by atoms with Crippen molar-refractivity contribution in [3.05, 3.63) is 0 Å². The molecule has 0 spiro atoms. The molecular weight excluding hydrogens is 98.1 g/mol. The van der Waals surface area contributed by atoms with Crippen LogP contribution >= 0.6 is 0 Å². The smallest absolute Gasteiger partial charge is 0.00905 e. The summed E-state index contributed by atoms with van der Waals surface area (Å²) in [5.74, 6) is 0.917. The first-order valence-corrected chi connectivity index (χ1v) is 3.58. The largest absolute Gasteiger partial charge is 0.314 e. The monoisotopic (exact) mass is 113 g/mol. The summed E-state index contributed by atoms with van der Waals surface area (Å²) in [4.78, 5) is 0. The molecule has 1 rings (SSSR count). The lowest BCUT2D eigenvalue weighted by molar-refractivity contribution is 0.470. The zero-order chi connectivity index (χ0) is 5.98. The van der Waals surface area contributed by atoms with Gasteiger partial charge in [-0.3, -0.25) is 0 Å². The standard InChI is InChI=1S/C7H15N/c1-3-7-6(2)4-5-8-7/h6-8H,3-5H2,1-2H3/t6-,7-/m0/s1. The first kappa shape index (κ1) is 6.09. The van der Waals surface area contributed by atoms with E-state index < -0.39 is 0 Å². The van der Waals surface area contributed by atoms with Crippen molar-refractivity contribution in [1.82, 2.24) is 5.32 Å². The predicted molar refractivity (Wildman–Crippen MR) is 35.9 cm³/mol. The molecule has 0 radical (unpaired) electrons. The summed E-state index contributed by atoms with van der Waals surface area (Å²) in [6, 6.07) is 0.815. The molecule has 1 nitrogen and oxygen atoms in total. The minimum absolute atomic E-state index is 0.815. The second-order valence-electron chi connectivity index (χ2n) is 2.73. The Balaban J connectivity index is 2.30. The average Bonchev–Trinajstić information content (AvgIpc) is 2.14. The van der Waals surface area contributed by atoms with Gasteiger partial charge in [0.05, 0.1) is 0 Å². The van der Waals surface area contributed by atoms with Crippen LogP contribution in [0.15, 0.2) is 0 Å². The van der Waals surface area contributed by atoms with E-state index in [1.165, 1.54) is 19.4 Å². The summed E-state index contributed by atoms with van der Waals surface area (Å²) in [7, 11) is 0. The Morgan fingerprint density at radius 1 is 1.62 bits per heavy atom. The van der Waals surface area contributed by atoms with Gasteiger partial charge in [-0.25, -0.2) is 0 Å². The maximum absolute atomic E-state index is 3.46. The van der Waals surface area contributed by atoms with Crippen molar-refractivity contribution in [3.63, 3.8) is 0 Å². The van der Waals surface area contributed by atoms with Gasteiger partial charge in [0.15, 0.2) is 0 Å². The molecule has 1 heterocycles. The zero-order valence-corrected chi connectivity index (χ0v) is 5.78. The fourth-order valence-electron chi connectivity index (χ4n) is 1.45. The number of rotatable bonds is 1. The zero-order valence-electron chi connectivity index (χ0n) is 5.78. The average molecular weight is 113 g/mol. The van der Waals surface area contributed by atoms with Gasteiger partial charge in [-0.1, -0.05) is 13.8 Å². The highest BCUT2D eigenvalue weighted by molar-refractivity contribution is 4.78. The van der Waals surface area contributed by atoms with Gasteiger partial charge < -0.3 is 5.32 Å². The first-order chi connectivity index (χ1) is 3.84. The van der Waals surface area contributed by atoms with E-state index in [0.717, 1.165) is 12.0 Å². The number of nitrogens with one attached hydrogen (secondary N) is 1. The molecule has 0 amide bonds. The second-order valence-corrected chi connectivity index (χ2v) is 2.73. The Kier molecular flexibility index (Phi) is 1.90. The van der Waals surface area contributed by atoms with Crippen molar-refractivity contribution in [3.8, 4) is 0 Å². The van der Waals surface area contributed by atoms with Gasteiger partial charge in [0.1, 0.15) is 0 Å². The maximum Gasteiger partial charge on any atom is 0.00905 e. The third-order valence-corrected chi connectivity index (χ3v) is 2.13. The van der Waals surface area contributed by atoms with Crippen LogP contribution in [0, 0.1) is 5.92 Å². The third kappa shape index (κ3) is 1.03. The van der Waals surface area contributed by atoms with E-state index in [1.807, 2.05) is 0 Å². The van der Waals surface area contributed by atoms with E-state index >= 15 is 0 Å². The van der Waals surface area contributed by atoms with Crippen molar-refractivity contribution in [2.24, 2.45) is 5.92 Å². The molecule has 0 aromatic rings. The third-order valence-electron chi connectivity index (χ3n) is 2.13. The van der Waals surface area contributed by atoms with Gasteiger partial charge in [0.25, 0.3) is 0 Å². The highest BCUT2D eigenvalue weighted by Gasteiger charge is 2.19. The topological polar surface area (TPSA) is 12.0 Å². The van der Waals surface area contributed by atoms with Crippen molar-refractivity contribution in [2.75, 3.05) is 6.54 Å². The molecule has 0 unspecified atom stereocenters. The minimum Gasteiger partial charge on any atom is -0.314 e. The van der Waals surface area contributed by atoms with E-state index in [2.05, 4.69) is 19.2 Å². The van der Waals surface area contributed by atoms with E-state index in [4.69, 9.17) is 0 Å². The Labute approximate surface area is 51.5 Å². The van der Waals surface area contributed by atoms with Crippen LogP contribution in [0.25, 0.3) is 0 Å². The van der Waals surface area contributed by atoms with E-state index in [-0.39, 0.29) is 0 Å². The normalized spacial score (nSPS) is 38.2. The van der Waals surface area contributed by atoms with Gasteiger partial charge in [0, 0.05) is 6.04 Å². The molecule has 48 valence electrons. The summed E-state index contributed by atoms with van der Waals surface area (Å²) in [6.07, 6.45) is 2.67. The molecule has 1 N–H and O–H groups in total. The van der Waals surface area contributed by atoms with Crippen LogP contribution in [0.2, 0.25) is 0 Å². The Hall–Kier alpha value is -0.0400. The molecule has 8 heavy (non-hydrogen) atoms. The summed E-state index contributed by atoms with van der Waals surface area (Å²) >= 11 is 0. The Morgan fingerprint density at radius 2 is 2.38 bits per heavy atom. The molecule has 1 heteroatoms. The van der Waals surface area contributed by atoms with Crippen LogP contribution in [0.3, 0.4) is 0 Å². The van der Waals surface area contributed by atoms with Crippen LogP contribution < -0.4 is 5.32 Å². The molecule has 1 aliphatic rings. The quantitative estimate of drug-likeness (QED) is 0.542. The van der Waals surface area contributed by atoms with Gasteiger partial charge in [-0.15, -0.1) is 0 Å². The molecule has 2 atom stereocenters. The molecule has 0 aromatic carbocycles. The van der Waals surface area contributed by atoms with E-state index in [1.54, 1.807) is 0 Å². The van der Waals surface area contributed by atoms with Gasteiger partial charge in [-0.2, -0.15) is 0 Å². The molecule has 0 aromatic heterocycles. The molecule has 1 aliphatic heterocycles. The summed E-state index contributed by atoms with van der Waals surface area (Å²) in [5, 5.41) is 3.46. The van der Waals surface area contributed by atoms with E-state index in [9.17, 15) is 0 Å². The SMILES string of the molecule is CC[C@@H]1NCC[C@@H]1C. The van der Waals surface area contributed by atoms with Gasteiger partial charge in [-0.05, 0) is 25.3 Å². The number of hydrogen-bond acceptors (Lipinski definition) is 1. The lowest BCUT2D eigenvalue weighted by atomic mass is 10.0.